The molecular weight excluding hydrogens is 220 g/mol. The van der Waals surface area contributed by atoms with Crippen LogP contribution in [-0.4, -0.2) is 36.1 Å². The first-order valence-electron chi connectivity index (χ1n) is 7.88. The highest BCUT2D eigenvalue weighted by molar-refractivity contribution is 4.94. The van der Waals surface area contributed by atoms with E-state index in [2.05, 4.69) is 51.9 Å². The number of rotatable bonds is 6. The Morgan fingerprint density at radius 3 is 2.44 bits per heavy atom. The lowest BCUT2D eigenvalue weighted by Gasteiger charge is -2.47. The van der Waals surface area contributed by atoms with Crippen molar-refractivity contribution in [2.75, 3.05) is 13.6 Å². The summed E-state index contributed by atoms with van der Waals surface area (Å²) in [6.07, 6.45) is 6.53. The molecule has 0 radical (unpaired) electrons. The van der Waals surface area contributed by atoms with E-state index in [0.29, 0.717) is 17.6 Å². The minimum absolute atomic E-state index is 0.313. The lowest BCUT2D eigenvalue weighted by atomic mass is 9.80. The average Bonchev–Trinajstić information content (AvgIpc) is 2.36. The molecule has 0 amide bonds. The van der Waals surface area contributed by atoms with Crippen molar-refractivity contribution in [2.24, 2.45) is 5.92 Å². The number of nitrogens with zero attached hydrogens (tertiary/aromatic N) is 1. The minimum atomic E-state index is 0.313. The van der Waals surface area contributed by atoms with Gasteiger partial charge in [0.15, 0.2) is 0 Å². The van der Waals surface area contributed by atoms with E-state index in [1.165, 1.54) is 32.1 Å². The van der Waals surface area contributed by atoms with E-state index in [9.17, 15) is 0 Å². The van der Waals surface area contributed by atoms with Gasteiger partial charge < -0.3 is 5.32 Å². The summed E-state index contributed by atoms with van der Waals surface area (Å²) in [7, 11) is 2.33. The molecule has 0 heterocycles. The van der Waals surface area contributed by atoms with E-state index in [-0.39, 0.29) is 0 Å². The largest absolute Gasteiger partial charge is 0.312 e. The molecule has 0 aliphatic heterocycles. The quantitative estimate of drug-likeness (QED) is 0.778. The zero-order valence-electron chi connectivity index (χ0n) is 13.4. The van der Waals surface area contributed by atoms with Gasteiger partial charge in [0.05, 0.1) is 0 Å². The second-order valence-corrected chi connectivity index (χ2v) is 6.82. The van der Waals surface area contributed by atoms with E-state index in [1.807, 2.05) is 0 Å². The second kappa shape index (κ2) is 6.91. The van der Waals surface area contributed by atoms with Gasteiger partial charge in [-0.1, -0.05) is 20.8 Å². The molecule has 0 spiro atoms. The standard InChI is InChI=1S/C16H34N2/c1-7-11-17-14-10-9-13(3)12-15(14)18(6)16(4,5)8-2/h13-15,17H,7-12H2,1-6H3. The van der Waals surface area contributed by atoms with Crippen LogP contribution < -0.4 is 5.32 Å². The minimum Gasteiger partial charge on any atom is -0.312 e. The van der Waals surface area contributed by atoms with E-state index < -0.39 is 0 Å². The van der Waals surface area contributed by atoms with Gasteiger partial charge in [0, 0.05) is 17.6 Å². The van der Waals surface area contributed by atoms with Gasteiger partial charge in [0.25, 0.3) is 0 Å². The van der Waals surface area contributed by atoms with Gasteiger partial charge in [-0.25, -0.2) is 0 Å². The molecule has 1 fully saturated rings. The number of hydrogen-bond donors (Lipinski definition) is 1. The summed E-state index contributed by atoms with van der Waals surface area (Å²) in [4.78, 5) is 2.63. The third-order valence-corrected chi connectivity index (χ3v) is 5.05. The molecule has 0 aromatic heterocycles. The lowest BCUT2D eigenvalue weighted by Crippen LogP contribution is -2.57. The third kappa shape index (κ3) is 3.96. The van der Waals surface area contributed by atoms with Crippen molar-refractivity contribution < 1.29 is 0 Å². The van der Waals surface area contributed by atoms with Gasteiger partial charge in [0.2, 0.25) is 0 Å². The molecule has 1 aliphatic rings. The third-order valence-electron chi connectivity index (χ3n) is 5.05. The molecular formula is C16H34N2. The molecule has 1 rings (SSSR count). The maximum absolute atomic E-state index is 3.78. The maximum atomic E-state index is 3.78. The Hall–Kier alpha value is -0.0800. The van der Waals surface area contributed by atoms with Gasteiger partial charge in [-0.3, -0.25) is 4.90 Å². The van der Waals surface area contributed by atoms with Crippen molar-refractivity contribution in [1.82, 2.24) is 10.2 Å². The summed E-state index contributed by atoms with van der Waals surface area (Å²) >= 11 is 0. The molecule has 3 atom stereocenters. The van der Waals surface area contributed by atoms with E-state index in [0.717, 1.165) is 12.5 Å². The Balaban J connectivity index is 2.71. The van der Waals surface area contributed by atoms with Crippen molar-refractivity contribution in [1.29, 1.82) is 0 Å². The zero-order chi connectivity index (χ0) is 13.8. The number of hydrogen-bond acceptors (Lipinski definition) is 2. The normalized spacial score (nSPS) is 29.8. The van der Waals surface area contributed by atoms with Crippen LogP contribution in [0.5, 0.6) is 0 Å². The highest BCUT2D eigenvalue weighted by Crippen LogP contribution is 2.31. The van der Waals surface area contributed by atoms with Crippen LogP contribution in [0.25, 0.3) is 0 Å². The molecule has 108 valence electrons. The summed E-state index contributed by atoms with van der Waals surface area (Å²) in [6, 6.07) is 1.40. The number of likely N-dealkylation sites (N-methyl/N-ethyl adjacent to an activating group) is 1. The molecule has 0 aromatic rings. The van der Waals surface area contributed by atoms with E-state index in [1.54, 1.807) is 0 Å². The van der Waals surface area contributed by atoms with E-state index >= 15 is 0 Å². The van der Waals surface area contributed by atoms with Crippen molar-refractivity contribution in [3.05, 3.63) is 0 Å². The molecule has 1 saturated carbocycles. The molecule has 3 unspecified atom stereocenters. The van der Waals surface area contributed by atoms with Crippen molar-refractivity contribution in [3.63, 3.8) is 0 Å². The fourth-order valence-electron chi connectivity index (χ4n) is 3.04. The summed E-state index contributed by atoms with van der Waals surface area (Å²) in [5, 5.41) is 3.78. The number of nitrogens with one attached hydrogen (secondary N) is 1. The Labute approximate surface area is 115 Å². The first-order chi connectivity index (χ1) is 8.42. The maximum Gasteiger partial charge on any atom is 0.0254 e. The summed E-state index contributed by atoms with van der Waals surface area (Å²) in [6.45, 7) is 12.9. The molecule has 18 heavy (non-hydrogen) atoms. The van der Waals surface area contributed by atoms with Crippen LogP contribution in [0, 0.1) is 5.92 Å². The second-order valence-electron chi connectivity index (χ2n) is 6.82. The fourth-order valence-corrected chi connectivity index (χ4v) is 3.04. The van der Waals surface area contributed by atoms with Crippen LogP contribution in [0.2, 0.25) is 0 Å². The van der Waals surface area contributed by atoms with Gasteiger partial charge >= 0.3 is 0 Å². The van der Waals surface area contributed by atoms with Crippen LogP contribution >= 0.6 is 0 Å². The highest BCUT2D eigenvalue weighted by Gasteiger charge is 2.36. The predicted octanol–water partition coefficient (Wildman–Crippen LogP) is 3.66. The first kappa shape index (κ1) is 16.0. The summed E-state index contributed by atoms with van der Waals surface area (Å²) in [5.41, 5.74) is 0.313. The van der Waals surface area contributed by atoms with Crippen LogP contribution in [0.4, 0.5) is 0 Å². The van der Waals surface area contributed by atoms with E-state index in [4.69, 9.17) is 0 Å². The molecule has 0 bridgehead atoms. The van der Waals surface area contributed by atoms with Crippen molar-refractivity contribution in [3.8, 4) is 0 Å². The summed E-state index contributed by atoms with van der Waals surface area (Å²) < 4.78 is 0. The molecule has 0 saturated heterocycles. The van der Waals surface area contributed by atoms with Gasteiger partial charge in [-0.2, -0.15) is 0 Å². The Morgan fingerprint density at radius 2 is 1.89 bits per heavy atom. The Bertz CT molecular complexity index is 235. The van der Waals surface area contributed by atoms with Crippen LogP contribution in [-0.2, 0) is 0 Å². The SMILES string of the molecule is CCCNC1CCC(C)CC1N(C)C(C)(C)CC. The molecule has 0 aromatic carbocycles. The monoisotopic (exact) mass is 254 g/mol. The van der Waals surface area contributed by atoms with Gasteiger partial charge in [-0.15, -0.1) is 0 Å². The zero-order valence-corrected chi connectivity index (χ0v) is 13.4. The highest BCUT2D eigenvalue weighted by atomic mass is 15.2. The van der Waals surface area contributed by atoms with Crippen LogP contribution in [0.1, 0.15) is 66.7 Å². The average molecular weight is 254 g/mol. The topological polar surface area (TPSA) is 15.3 Å². The Morgan fingerprint density at radius 1 is 1.22 bits per heavy atom. The van der Waals surface area contributed by atoms with Crippen molar-refractivity contribution in [2.45, 2.75) is 84.3 Å². The summed E-state index contributed by atoms with van der Waals surface area (Å²) in [5.74, 6) is 0.879. The Kier molecular flexibility index (Phi) is 6.13. The first-order valence-corrected chi connectivity index (χ1v) is 7.88. The predicted molar refractivity (Wildman–Crippen MR) is 81.0 cm³/mol. The lowest BCUT2D eigenvalue weighted by molar-refractivity contribution is 0.0414. The molecule has 1 N–H and O–H groups in total. The fraction of sp³-hybridized carbons (Fsp3) is 1.00. The molecule has 2 nitrogen and oxygen atoms in total. The van der Waals surface area contributed by atoms with Gasteiger partial charge in [0.1, 0.15) is 0 Å². The molecule has 2 heteroatoms. The van der Waals surface area contributed by atoms with Crippen LogP contribution in [0.3, 0.4) is 0 Å². The van der Waals surface area contributed by atoms with Crippen LogP contribution in [0.15, 0.2) is 0 Å². The van der Waals surface area contributed by atoms with Gasteiger partial charge in [-0.05, 0) is 65.5 Å². The van der Waals surface area contributed by atoms with Crippen molar-refractivity contribution >= 4 is 0 Å². The molecule has 1 aliphatic carbocycles. The smallest absolute Gasteiger partial charge is 0.0254 e.